The Bertz CT molecular complexity index is 382. The zero-order chi connectivity index (χ0) is 17.1. The molecule has 3 N–H and O–H groups in total. The van der Waals surface area contributed by atoms with Crippen molar-refractivity contribution in [2.24, 2.45) is 0 Å². The first-order valence-electron chi connectivity index (χ1n) is 5.76. The molecule has 7 nitrogen and oxygen atoms in total. The van der Waals surface area contributed by atoms with Gasteiger partial charge < -0.3 is 25.3 Å². The van der Waals surface area contributed by atoms with Gasteiger partial charge in [-0.15, -0.1) is 23.2 Å². The second kappa shape index (κ2) is 26.2. The fraction of sp³-hybridized carbons (Fsp3) is 0.143. The molecule has 0 saturated carbocycles. The zero-order valence-electron chi connectivity index (χ0n) is 12.3. The van der Waals surface area contributed by atoms with Crippen molar-refractivity contribution in [1.82, 2.24) is 9.97 Å². The van der Waals surface area contributed by atoms with Crippen molar-refractivity contribution in [3.8, 4) is 0 Å². The van der Waals surface area contributed by atoms with Gasteiger partial charge in [0.1, 0.15) is 0 Å². The molecule has 10 heteroatoms. The molecule has 0 aliphatic carbocycles. The molecule has 0 aliphatic heterocycles. The van der Waals surface area contributed by atoms with Crippen molar-refractivity contribution in [3.05, 3.63) is 61.2 Å². The molecule has 2 rings (SSSR count). The van der Waals surface area contributed by atoms with E-state index < -0.39 is 23.7 Å². The molecule has 0 fully saturated rings. The van der Waals surface area contributed by atoms with Gasteiger partial charge in [-0.25, -0.2) is 0 Å². The summed E-state index contributed by atoms with van der Waals surface area (Å²) in [5.41, 5.74) is 0. The van der Waals surface area contributed by atoms with Gasteiger partial charge in [0.15, 0.2) is 0 Å². The van der Waals surface area contributed by atoms with Gasteiger partial charge in [-0.05, 0) is 24.3 Å². The Balaban J connectivity index is -0.000000109. The molecule has 0 atom stereocenters. The van der Waals surface area contributed by atoms with Crippen LogP contribution in [0.4, 0.5) is 0 Å². The first-order valence-corrected chi connectivity index (χ1v) is 6.83. The summed E-state index contributed by atoms with van der Waals surface area (Å²) in [6.07, 6.45) is 7.00. The minimum absolute atomic E-state index is 0. The normalized spacial score (nSPS) is 7.08. The summed E-state index contributed by atoms with van der Waals surface area (Å²) < 4.78 is 0. The molecule has 0 saturated heterocycles. The largest absolute Gasteiger partial charge is 2.00 e. The Labute approximate surface area is 160 Å². The van der Waals surface area contributed by atoms with E-state index in [4.69, 9.17) is 19.8 Å². The van der Waals surface area contributed by atoms with E-state index in [1.165, 1.54) is 0 Å². The van der Waals surface area contributed by atoms with Crippen LogP contribution in [0.25, 0.3) is 0 Å². The van der Waals surface area contributed by atoms with Crippen LogP contribution in [0, 0.1) is 0 Å². The molecule has 0 aliphatic rings. The molecule has 0 aromatic carbocycles. The van der Waals surface area contributed by atoms with Crippen molar-refractivity contribution in [2.75, 3.05) is 11.8 Å². The summed E-state index contributed by atoms with van der Waals surface area (Å²) in [7, 11) is 0. The monoisotopic (exact) mass is 426 g/mol. The molecule has 24 heavy (non-hydrogen) atoms. The first-order chi connectivity index (χ1) is 10.5. The maximum atomic E-state index is 9.12. The average molecular weight is 428 g/mol. The average Bonchev–Trinajstić information content (AvgIpc) is 2.59. The van der Waals surface area contributed by atoms with Crippen LogP contribution in [0.3, 0.4) is 0 Å². The van der Waals surface area contributed by atoms with Crippen molar-refractivity contribution < 1.29 is 42.3 Å². The smallest absolute Gasteiger partial charge is 0.549 e. The number of nitrogens with zero attached hydrogens (tertiary/aromatic N) is 2. The van der Waals surface area contributed by atoms with E-state index >= 15 is 0 Å². The third-order valence-corrected chi connectivity index (χ3v) is 1.79. The number of carboxylic acid groups (broad SMARTS) is 2. The molecular formula is C14H17Cl2CuN2O5+. The maximum Gasteiger partial charge on any atom is 2.00 e. The van der Waals surface area contributed by atoms with Gasteiger partial charge in [0, 0.05) is 24.8 Å². The Morgan fingerprint density at radius 1 is 0.708 bits per heavy atom. The van der Waals surface area contributed by atoms with E-state index in [0.29, 0.717) is 0 Å². The summed E-state index contributed by atoms with van der Waals surface area (Å²) in [6, 6.07) is 11.4. The Kier molecular flexibility index (Phi) is 33.0. The number of aliphatic carboxylic acids is 2. The van der Waals surface area contributed by atoms with Gasteiger partial charge in [-0.1, -0.05) is 12.1 Å². The SMILES string of the molecule is O=C([O-])CCl.O=C([O-])CCl.[Cu+2].[OH3+].c1ccncc1.c1ccncc1. The van der Waals surface area contributed by atoms with Crippen LogP contribution in [0.15, 0.2) is 61.2 Å². The molecule has 2 aromatic rings. The van der Waals surface area contributed by atoms with Gasteiger partial charge in [0.05, 0.1) is 23.7 Å². The summed E-state index contributed by atoms with van der Waals surface area (Å²) in [4.78, 5) is 25.8. The number of carbonyl (C=O) groups excluding carboxylic acids is 2. The summed E-state index contributed by atoms with van der Waals surface area (Å²) in [6.45, 7) is 0. The standard InChI is InChI=1S/2C5H5N.2C2H3ClO2.Cu.H2O/c2*1-2-4-6-5-3-1;2*3-1-2(4)5;;/h2*1-5H;2*1H2,(H,4,5);;1H2/q;;;;+2;/p-1. The molecule has 0 bridgehead atoms. The van der Waals surface area contributed by atoms with E-state index in [9.17, 15) is 0 Å². The second-order valence-corrected chi connectivity index (χ2v) is 3.59. The van der Waals surface area contributed by atoms with Crippen LogP contribution in [-0.4, -0.2) is 33.7 Å². The van der Waals surface area contributed by atoms with E-state index in [1.807, 2.05) is 36.4 Å². The third kappa shape index (κ3) is 37.0. The van der Waals surface area contributed by atoms with E-state index in [2.05, 4.69) is 33.2 Å². The number of rotatable bonds is 2. The third-order valence-electron chi connectivity index (χ3n) is 1.35. The zero-order valence-corrected chi connectivity index (χ0v) is 14.8. The van der Waals surface area contributed by atoms with Crippen LogP contribution in [0.2, 0.25) is 0 Å². The fourth-order valence-corrected chi connectivity index (χ4v) is 0.625. The predicted octanol–water partition coefficient (Wildman–Crippen LogP) is -0.811. The van der Waals surface area contributed by atoms with Gasteiger partial charge in [0.25, 0.3) is 0 Å². The summed E-state index contributed by atoms with van der Waals surface area (Å²) >= 11 is 9.35. The quantitative estimate of drug-likeness (QED) is 0.349. The van der Waals surface area contributed by atoms with Gasteiger partial charge >= 0.3 is 17.1 Å². The number of halogens is 2. The van der Waals surface area contributed by atoms with Crippen LogP contribution >= 0.6 is 23.2 Å². The topological polar surface area (TPSA) is 139 Å². The van der Waals surface area contributed by atoms with Crippen LogP contribution in [0.1, 0.15) is 0 Å². The summed E-state index contributed by atoms with van der Waals surface area (Å²) in [5.74, 6) is -3.29. The molecule has 0 spiro atoms. The van der Waals surface area contributed by atoms with E-state index in [1.54, 1.807) is 24.8 Å². The van der Waals surface area contributed by atoms with Crippen LogP contribution in [0.5, 0.6) is 0 Å². The van der Waals surface area contributed by atoms with Gasteiger partial charge in [-0.3, -0.25) is 9.97 Å². The Morgan fingerprint density at radius 3 is 0.958 bits per heavy atom. The molecule has 2 heterocycles. The van der Waals surface area contributed by atoms with E-state index in [0.717, 1.165) is 0 Å². The number of alkyl halides is 2. The number of hydrogen-bond donors (Lipinski definition) is 0. The second-order valence-electron chi connectivity index (χ2n) is 3.06. The number of aromatic nitrogens is 2. The van der Waals surface area contributed by atoms with Crippen LogP contribution in [-0.2, 0) is 32.1 Å². The maximum absolute atomic E-state index is 9.12. The molecular weight excluding hydrogens is 411 g/mol. The summed E-state index contributed by atoms with van der Waals surface area (Å²) in [5, 5.41) is 18.2. The van der Waals surface area contributed by atoms with Crippen molar-refractivity contribution >= 4 is 35.1 Å². The molecule has 2 aromatic heterocycles. The van der Waals surface area contributed by atoms with Gasteiger partial charge in [0.2, 0.25) is 0 Å². The molecule has 137 valence electrons. The number of carbonyl (C=O) groups is 2. The fourth-order valence-electron chi connectivity index (χ4n) is 0.625. The molecule has 1 radical (unpaired) electrons. The number of pyridine rings is 2. The number of hydrogen-bond acceptors (Lipinski definition) is 6. The Morgan fingerprint density at radius 2 is 0.917 bits per heavy atom. The van der Waals surface area contributed by atoms with Crippen molar-refractivity contribution in [3.63, 3.8) is 0 Å². The van der Waals surface area contributed by atoms with Crippen LogP contribution < -0.4 is 10.2 Å². The van der Waals surface area contributed by atoms with Gasteiger partial charge in [-0.2, -0.15) is 0 Å². The minimum Gasteiger partial charge on any atom is -0.549 e. The van der Waals surface area contributed by atoms with Crippen molar-refractivity contribution in [1.29, 1.82) is 0 Å². The molecule has 0 amide bonds. The van der Waals surface area contributed by atoms with Crippen molar-refractivity contribution in [2.45, 2.75) is 0 Å². The Hall–Kier alpha value is -1.70. The number of carboxylic acids is 2. The minimum atomic E-state index is -1.23. The first kappa shape index (κ1) is 30.2. The van der Waals surface area contributed by atoms with E-state index in [-0.39, 0.29) is 22.5 Å². The molecule has 0 unspecified atom stereocenters. The predicted molar refractivity (Wildman–Crippen MR) is 84.8 cm³/mol.